The Hall–Kier alpha value is -3.88. The molecule has 5 rings (SSSR count). The zero-order valence-electron chi connectivity index (χ0n) is 20.1. The molecular formula is C24H25F2N7O4S. The van der Waals surface area contributed by atoms with E-state index in [9.17, 15) is 23.8 Å². The van der Waals surface area contributed by atoms with Crippen molar-refractivity contribution in [3.8, 4) is 11.6 Å². The molecule has 2 aromatic heterocycles. The third-order valence-corrected chi connectivity index (χ3v) is 7.16. The summed E-state index contributed by atoms with van der Waals surface area (Å²) in [5, 5.41) is 35.7. The van der Waals surface area contributed by atoms with E-state index in [1.165, 1.54) is 11.1 Å². The van der Waals surface area contributed by atoms with Crippen LogP contribution >= 0.6 is 11.5 Å². The lowest BCUT2D eigenvalue weighted by Crippen LogP contribution is -2.41. The summed E-state index contributed by atoms with van der Waals surface area (Å²) in [7, 11) is 0. The molecule has 38 heavy (non-hydrogen) atoms. The van der Waals surface area contributed by atoms with Gasteiger partial charge in [0.1, 0.15) is 39.3 Å². The topological polar surface area (TPSA) is 147 Å². The summed E-state index contributed by atoms with van der Waals surface area (Å²) in [6.07, 6.45) is 2.65. The number of carbonyl (C=O) groups excluding carboxylic acids is 1. The molecule has 0 atom stereocenters. The summed E-state index contributed by atoms with van der Waals surface area (Å²) in [6.45, 7) is 4.21. The van der Waals surface area contributed by atoms with E-state index in [1.54, 1.807) is 0 Å². The number of hydrogen-bond acceptors (Lipinski definition) is 10. The quantitative estimate of drug-likeness (QED) is 0.223. The van der Waals surface area contributed by atoms with Gasteiger partial charge < -0.3 is 30.5 Å². The van der Waals surface area contributed by atoms with Gasteiger partial charge in [-0.25, -0.2) is 8.78 Å². The lowest BCUT2D eigenvalue weighted by atomic mass is 10.1. The van der Waals surface area contributed by atoms with E-state index in [1.807, 2.05) is 0 Å². The van der Waals surface area contributed by atoms with Gasteiger partial charge in [-0.2, -0.15) is 4.37 Å². The molecule has 0 radical (unpaired) electrons. The molecule has 1 aromatic carbocycles. The van der Waals surface area contributed by atoms with Crippen LogP contribution in [0.3, 0.4) is 0 Å². The van der Waals surface area contributed by atoms with Crippen LogP contribution in [0.15, 0.2) is 24.5 Å². The van der Waals surface area contributed by atoms with E-state index in [0.717, 1.165) is 43.0 Å². The number of hydrogen-bond donors (Lipinski definition) is 5. The zero-order chi connectivity index (χ0) is 26.8. The minimum atomic E-state index is -0.808. The number of fused-ring (bicyclic) bond motifs is 1. The number of anilines is 3. The van der Waals surface area contributed by atoms with Crippen LogP contribution in [0.5, 0.6) is 11.6 Å². The molecule has 0 spiro atoms. The highest BCUT2D eigenvalue weighted by Crippen LogP contribution is 2.38. The Morgan fingerprint density at radius 3 is 2.76 bits per heavy atom. The van der Waals surface area contributed by atoms with E-state index in [-0.39, 0.29) is 57.7 Å². The predicted octanol–water partition coefficient (Wildman–Crippen LogP) is 2.42. The van der Waals surface area contributed by atoms with Gasteiger partial charge in [0, 0.05) is 50.6 Å². The maximum absolute atomic E-state index is 14.1. The van der Waals surface area contributed by atoms with E-state index in [4.69, 9.17) is 10.1 Å². The number of benzene rings is 1. The van der Waals surface area contributed by atoms with Crippen molar-refractivity contribution in [1.29, 1.82) is 5.41 Å². The maximum Gasteiger partial charge on any atom is 0.263 e. The van der Waals surface area contributed by atoms with Gasteiger partial charge in [0.05, 0.1) is 25.1 Å². The first-order valence-electron chi connectivity index (χ1n) is 11.9. The molecule has 3 aromatic rings. The van der Waals surface area contributed by atoms with Crippen molar-refractivity contribution in [3.63, 3.8) is 0 Å². The Bertz CT molecular complexity index is 1380. The molecule has 1 amide bonds. The second kappa shape index (κ2) is 10.8. The molecule has 200 valence electrons. The molecule has 4 heterocycles. The number of amidine groups is 1. The molecule has 2 aliphatic heterocycles. The Morgan fingerprint density at radius 1 is 1.18 bits per heavy atom. The summed E-state index contributed by atoms with van der Waals surface area (Å²) >= 11 is 0.867. The monoisotopic (exact) mass is 545 g/mol. The minimum Gasteiger partial charge on any atom is -0.505 e. The molecular weight excluding hydrogens is 520 g/mol. The van der Waals surface area contributed by atoms with Crippen molar-refractivity contribution in [2.45, 2.75) is 6.42 Å². The fraction of sp³-hybridized carbons (Fsp3) is 0.333. The number of rotatable bonds is 7. The Kier molecular flexibility index (Phi) is 7.35. The average molecular weight is 546 g/mol. The SMILES string of the molecule is N=C(NCCN1CCOCC1)c1c(O)nsc1Nc1cncc(C(=O)N2CCc3c(F)cc(F)cc32)c1O. The van der Waals surface area contributed by atoms with Gasteiger partial charge in [-0.3, -0.25) is 20.1 Å². The molecule has 14 heteroatoms. The van der Waals surface area contributed by atoms with E-state index < -0.39 is 23.3 Å². The van der Waals surface area contributed by atoms with Crippen LogP contribution in [0.1, 0.15) is 21.5 Å². The summed E-state index contributed by atoms with van der Waals surface area (Å²) < 4.78 is 37.2. The number of nitrogens with one attached hydrogen (secondary N) is 3. The molecule has 1 fully saturated rings. The number of halogens is 2. The van der Waals surface area contributed by atoms with Gasteiger partial charge in [0.25, 0.3) is 5.91 Å². The molecule has 2 aliphatic rings. The third kappa shape index (κ3) is 5.10. The first-order valence-corrected chi connectivity index (χ1v) is 12.7. The minimum absolute atomic E-state index is 0.0340. The standard InChI is InChI=1S/C24H25F2N7O4S/c25-13-9-16(26)14-1-3-33(18(14)10-13)24(36)15-11-28-12-17(20(15)34)30-23-19(22(35)31-38-23)21(27)29-2-4-32-5-7-37-8-6-32/h9-12,30H,1-8H2,(H2,27,29)(H,28,34)(H,31,35). The van der Waals surface area contributed by atoms with Gasteiger partial charge in [-0.15, -0.1) is 0 Å². The van der Waals surface area contributed by atoms with Crippen LogP contribution in [0, 0.1) is 17.0 Å². The number of aromatic nitrogens is 2. The number of amides is 1. The normalized spacial score (nSPS) is 15.4. The van der Waals surface area contributed by atoms with E-state index >= 15 is 0 Å². The lowest BCUT2D eigenvalue weighted by Gasteiger charge is -2.26. The second-order valence-corrected chi connectivity index (χ2v) is 9.54. The van der Waals surface area contributed by atoms with E-state index in [0.29, 0.717) is 26.3 Å². The lowest BCUT2D eigenvalue weighted by molar-refractivity contribution is 0.0389. The predicted molar refractivity (Wildman–Crippen MR) is 137 cm³/mol. The van der Waals surface area contributed by atoms with Gasteiger partial charge >= 0.3 is 0 Å². The van der Waals surface area contributed by atoms with Crippen LogP contribution in [0.4, 0.5) is 25.2 Å². The molecule has 11 nitrogen and oxygen atoms in total. The Morgan fingerprint density at radius 2 is 1.97 bits per heavy atom. The number of nitrogens with zero attached hydrogens (tertiary/aromatic N) is 4. The molecule has 0 aliphatic carbocycles. The number of carbonyl (C=O) groups is 1. The van der Waals surface area contributed by atoms with Crippen LogP contribution < -0.4 is 15.5 Å². The summed E-state index contributed by atoms with van der Waals surface area (Å²) in [4.78, 5) is 20.7. The zero-order valence-corrected chi connectivity index (χ0v) is 20.9. The second-order valence-electron chi connectivity index (χ2n) is 8.77. The fourth-order valence-electron chi connectivity index (χ4n) is 4.45. The van der Waals surface area contributed by atoms with E-state index in [2.05, 4.69) is 24.9 Å². The van der Waals surface area contributed by atoms with Gasteiger partial charge in [-0.1, -0.05) is 0 Å². The molecule has 0 unspecified atom stereocenters. The van der Waals surface area contributed by atoms with Crippen molar-refractivity contribution in [3.05, 3.63) is 52.9 Å². The van der Waals surface area contributed by atoms with Crippen LogP contribution in [-0.2, 0) is 11.2 Å². The first kappa shape index (κ1) is 25.8. The number of morpholine rings is 1. The highest BCUT2D eigenvalue weighted by molar-refractivity contribution is 7.11. The van der Waals surface area contributed by atoms with Gasteiger partial charge in [0.2, 0.25) is 5.88 Å². The summed E-state index contributed by atoms with van der Waals surface area (Å²) in [6, 6.07) is 1.85. The number of pyridine rings is 1. The van der Waals surface area contributed by atoms with Gasteiger partial charge in [0.15, 0.2) is 5.75 Å². The van der Waals surface area contributed by atoms with Crippen LogP contribution in [0.25, 0.3) is 0 Å². The first-order chi connectivity index (χ1) is 18.3. The molecule has 5 N–H and O–H groups in total. The highest BCUT2D eigenvalue weighted by Gasteiger charge is 2.31. The van der Waals surface area contributed by atoms with Crippen molar-refractivity contribution < 1.29 is 28.5 Å². The Balaban J connectivity index is 1.32. The number of aromatic hydroxyl groups is 2. The van der Waals surface area contributed by atoms with Crippen molar-refractivity contribution >= 4 is 39.7 Å². The third-order valence-electron chi connectivity index (χ3n) is 6.41. The van der Waals surface area contributed by atoms with Crippen LogP contribution in [0.2, 0.25) is 0 Å². The van der Waals surface area contributed by atoms with Crippen LogP contribution in [-0.4, -0.2) is 82.2 Å². The van der Waals surface area contributed by atoms with Crippen molar-refractivity contribution in [1.82, 2.24) is 19.6 Å². The number of ether oxygens (including phenoxy) is 1. The summed E-state index contributed by atoms with van der Waals surface area (Å²) in [5.74, 6) is -3.08. The Labute approximate surface area is 220 Å². The maximum atomic E-state index is 14.1. The molecule has 0 bridgehead atoms. The van der Waals surface area contributed by atoms with Gasteiger partial charge in [-0.05, 0) is 24.0 Å². The average Bonchev–Trinajstić information content (AvgIpc) is 3.49. The van der Waals surface area contributed by atoms with Crippen molar-refractivity contribution in [2.24, 2.45) is 0 Å². The molecule has 1 saturated heterocycles. The highest BCUT2D eigenvalue weighted by atomic mass is 32.1. The van der Waals surface area contributed by atoms with Crippen molar-refractivity contribution in [2.75, 3.05) is 56.2 Å². The fourth-order valence-corrected chi connectivity index (χ4v) is 5.16. The smallest absolute Gasteiger partial charge is 0.263 e. The largest absolute Gasteiger partial charge is 0.505 e. The summed E-state index contributed by atoms with van der Waals surface area (Å²) in [5.41, 5.74) is 0.295. The molecule has 0 saturated carbocycles.